The van der Waals surface area contributed by atoms with Gasteiger partial charge in [0, 0.05) is 24.2 Å². The normalized spacial score (nSPS) is 13.7. The lowest BCUT2D eigenvalue weighted by atomic mass is 10.0. The van der Waals surface area contributed by atoms with Crippen LogP contribution in [0.1, 0.15) is 37.1 Å². The Morgan fingerprint density at radius 3 is 1.81 bits per heavy atom. The van der Waals surface area contributed by atoms with Crippen molar-refractivity contribution in [2.24, 2.45) is 0 Å². The molecular formula is C16H17FN2O2. The van der Waals surface area contributed by atoms with E-state index in [0.717, 1.165) is 11.1 Å². The molecule has 0 aromatic heterocycles. The average Bonchev–Trinajstić information content (AvgIpc) is 2.47. The zero-order valence-corrected chi connectivity index (χ0v) is 11.9. The number of non-ortho nitro benzene ring substituents is 1. The smallest absolute Gasteiger partial charge is 0.269 e. The lowest BCUT2D eigenvalue weighted by molar-refractivity contribution is -0.384. The van der Waals surface area contributed by atoms with Crippen molar-refractivity contribution in [3.63, 3.8) is 0 Å². The second-order valence-corrected chi connectivity index (χ2v) is 5.01. The monoisotopic (exact) mass is 288 g/mol. The van der Waals surface area contributed by atoms with Gasteiger partial charge in [0.05, 0.1) is 4.92 Å². The van der Waals surface area contributed by atoms with Crippen LogP contribution >= 0.6 is 0 Å². The molecular weight excluding hydrogens is 271 g/mol. The fourth-order valence-corrected chi connectivity index (χ4v) is 2.20. The Hall–Kier alpha value is -2.27. The van der Waals surface area contributed by atoms with Gasteiger partial charge in [0.15, 0.2) is 0 Å². The van der Waals surface area contributed by atoms with Gasteiger partial charge >= 0.3 is 0 Å². The molecule has 0 aliphatic rings. The largest absolute Gasteiger partial charge is 0.304 e. The second kappa shape index (κ2) is 6.45. The zero-order chi connectivity index (χ0) is 15.4. The summed E-state index contributed by atoms with van der Waals surface area (Å²) >= 11 is 0. The van der Waals surface area contributed by atoms with E-state index in [-0.39, 0.29) is 23.6 Å². The van der Waals surface area contributed by atoms with E-state index >= 15 is 0 Å². The van der Waals surface area contributed by atoms with Crippen LogP contribution in [0.15, 0.2) is 48.5 Å². The molecule has 2 atom stereocenters. The lowest BCUT2D eigenvalue weighted by Crippen LogP contribution is -2.22. The highest BCUT2D eigenvalue weighted by Crippen LogP contribution is 2.21. The summed E-state index contributed by atoms with van der Waals surface area (Å²) in [5, 5.41) is 14.0. The van der Waals surface area contributed by atoms with Gasteiger partial charge in [-0.25, -0.2) is 4.39 Å². The quantitative estimate of drug-likeness (QED) is 0.664. The Balaban J connectivity index is 2.04. The van der Waals surface area contributed by atoms with E-state index in [9.17, 15) is 14.5 Å². The minimum atomic E-state index is -0.414. The molecule has 0 radical (unpaired) electrons. The Kier molecular flexibility index (Phi) is 4.65. The van der Waals surface area contributed by atoms with Gasteiger partial charge in [0.25, 0.3) is 5.69 Å². The van der Waals surface area contributed by atoms with Crippen LogP contribution in [0.2, 0.25) is 0 Å². The molecule has 0 aliphatic heterocycles. The molecule has 2 aromatic rings. The van der Waals surface area contributed by atoms with Crippen LogP contribution in [-0.4, -0.2) is 4.92 Å². The van der Waals surface area contributed by atoms with Gasteiger partial charge in [0.2, 0.25) is 0 Å². The maximum absolute atomic E-state index is 12.9. The first-order chi connectivity index (χ1) is 9.97. The van der Waals surface area contributed by atoms with E-state index in [0.29, 0.717) is 0 Å². The number of nitro groups is 1. The molecule has 2 rings (SSSR count). The van der Waals surface area contributed by atoms with Gasteiger partial charge < -0.3 is 5.32 Å². The first-order valence-electron chi connectivity index (χ1n) is 6.73. The van der Waals surface area contributed by atoms with E-state index in [4.69, 9.17) is 0 Å². The molecule has 0 aliphatic carbocycles. The fraction of sp³-hybridized carbons (Fsp3) is 0.250. The van der Waals surface area contributed by atoms with Crippen LogP contribution in [-0.2, 0) is 0 Å². The summed E-state index contributed by atoms with van der Waals surface area (Å²) in [6, 6.07) is 12.9. The summed E-state index contributed by atoms with van der Waals surface area (Å²) in [4.78, 5) is 10.2. The molecule has 0 amide bonds. The molecule has 1 N–H and O–H groups in total. The molecule has 0 saturated carbocycles. The molecule has 110 valence electrons. The summed E-state index contributed by atoms with van der Waals surface area (Å²) in [6.45, 7) is 3.98. The van der Waals surface area contributed by atoms with Crippen molar-refractivity contribution >= 4 is 5.69 Å². The van der Waals surface area contributed by atoms with E-state index in [2.05, 4.69) is 5.32 Å². The number of nitro benzene ring substituents is 1. The highest BCUT2D eigenvalue weighted by molar-refractivity contribution is 5.34. The van der Waals surface area contributed by atoms with Crippen molar-refractivity contribution in [1.29, 1.82) is 0 Å². The van der Waals surface area contributed by atoms with Crippen molar-refractivity contribution in [2.45, 2.75) is 25.9 Å². The molecule has 2 aromatic carbocycles. The van der Waals surface area contributed by atoms with Gasteiger partial charge in [0.1, 0.15) is 5.82 Å². The minimum absolute atomic E-state index is 0.0332. The van der Waals surface area contributed by atoms with Crippen LogP contribution in [0, 0.1) is 15.9 Å². The summed E-state index contributed by atoms with van der Waals surface area (Å²) in [6.07, 6.45) is 0. The first-order valence-corrected chi connectivity index (χ1v) is 6.73. The maximum Gasteiger partial charge on any atom is 0.269 e. The third-order valence-corrected chi connectivity index (χ3v) is 3.47. The molecule has 0 saturated heterocycles. The van der Waals surface area contributed by atoms with Crippen LogP contribution in [0.25, 0.3) is 0 Å². The Labute approximate surface area is 122 Å². The van der Waals surface area contributed by atoms with Gasteiger partial charge in [-0.3, -0.25) is 10.1 Å². The van der Waals surface area contributed by atoms with Gasteiger partial charge in [-0.2, -0.15) is 0 Å². The number of halogens is 1. The molecule has 0 bridgehead atoms. The summed E-state index contributed by atoms with van der Waals surface area (Å²) < 4.78 is 12.9. The van der Waals surface area contributed by atoms with Crippen LogP contribution in [0.5, 0.6) is 0 Å². The van der Waals surface area contributed by atoms with E-state index in [1.165, 1.54) is 24.3 Å². The van der Waals surface area contributed by atoms with E-state index in [1.54, 1.807) is 24.3 Å². The average molecular weight is 288 g/mol. The number of benzene rings is 2. The highest BCUT2D eigenvalue weighted by Gasteiger charge is 2.12. The van der Waals surface area contributed by atoms with Crippen LogP contribution in [0.3, 0.4) is 0 Å². The summed E-state index contributed by atoms with van der Waals surface area (Å²) in [5.41, 5.74) is 2.04. The standard InChI is InChI=1S/C16H17FN2O2/c1-11(13-3-7-15(17)8-4-13)18-12(2)14-5-9-16(10-6-14)19(20)21/h3-12,18H,1-2H3/t11-,12?/m0/s1. The lowest BCUT2D eigenvalue weighted by Gasteiger charge is -2.20. The van der Waals surface area contributed by atoms with Crippen LogP contribution < -0.4 is 5.32 Å². The van der Waals surface area contributed by atoms with Crippen molar-refractivity contribution in [2.75, 3.05) is 0 Å². The van der Waals surface area contributed by atoms with Crippen molar-refractivity contribution < 1.29 is 9.31 Å². The third kappa shape index (κ3) is 3.86. The molecule has 0 heterocycles. The Morgan fingerprint density at radius 1 is 0.952 bits per heavy atom. The van der Waals surface area contributed by atoms with Crippen molar-refractivity contribution in [3.8, 4) is 0 Å². The maximum atomic E-state index is 12.9. The molecule has 0 fully saturated rings. The predicted octanol–water partition coefficient (Wildman–Crippen LogP) is 4.15. The topological polar surface area (TPSA) is 55.2 Å². The second-order valence-electron chi connectivity index (χ2n) is 5.01. The van der Waals surface area contributed by atoms with E-state index < -0.39 is 4.92 Å². The van der Waals surface area contributed by atoms with Crippen molar-refractivity contribution in [3.05, 3.63) is 75.6 Å². The molecule has 4 nitrogen and oxygen atoms in total. The summed E-state index contributed by atoms with van der Waals surface area (Å²) in [5.74, 6) is -0.255. The van der Waals surface area contributed by atoms with Crippen molar-refractivity contribution in [1.82, 2.24) is 5.32 Å². The third-order valence-electron chi connectivity index (χ3n) is 3.47. The number of hydrogen-bond acceptors (Lipinski definition) is 3. The molecule has 1 unspecified atom stereocenters. The number of hydrogen-bond donors (Lipinski definition) is 1. The number of nitrogens with zero attached hydrogens (tertiary/aromatic N) is 1. The Bertz CT molecular complexity index is 611. The fourth-order valence-electron chi connectivity index (χ4n) is 2.20. The first kappa shape index (κ1) is 15.1. The SMILES string of the molecule is CC(N[C@@H](C)c1ccc(F)cc1)c1ccc([N+](=O)[O-])cc1. The molecule has 21 heavy (non-hydrogen) atoms. The molecule has 5 heteroatoms. The minimum Gasteiger partial charge on any atom is -0.304 e. The zero-order valence-electron chi connectivity index (χ0n) is 11.9. The van der Waals surface area contributed by atoms with E-state index in [1.807, 2.05) is 13.8 Å². The Morgan fingerprint density at radius 2 is 1.38 bits per heavy atom. The van der Waals surface area contributed by atoms with Gasteiger partial charge in [-0.15, -0.1) is 0 Å². The van der Waals surface area contributed by atoms with Gasteiger partial charge in [-0.05, 0) is 37.1 Å². The van der Waals surface area contributed by atoms with Crippen LogP contribution in [0.4, 0.5) is 10.1 Å². The summed E-state index contributed by atoms with van der Waals surface area (Å²) in [7, 11) is 0. The van der Waals surface area contributed by atoms with Gasteiger partial charge in [-0.1, -0.05) is 24.3 Å². The molecule has 0 spiro atoms. The predicted molar refractivity (Wildman–Crippen MR) is 79.5 cm³/mol. The number of nitrogens with one attached hydrogen (secondary N) is 1. The number of rotatable bonds is 5. The highest BCUT2D eigenvalue weighted by atomic mass is 19.1.